The molecule has 11 heavy (non-hydrogen) atoms. The second kappa shape index (κ2) is 4.90. The molecule has 1 rings (SSSR count). The van der Waals surface area contributed by atoms with Crippen molar-refractivity contribution in [2.24, 2.45) is 0 Å². The van der Waals surface area contributed by atoms with Crippen molar-refractivity contribution in [2.45, 2.75) is 0 Å². The Kier molecular flexibility index (Phi) is 4.53. The van der Waals surface area contributed by atoms with Crippen LogP contribution in [0.1, 0.15) is 0 Å². The number of hydrogen-bond donors (Lipinski definition) is 4. The molecule has 0 saturated carbocycles. The standard InChI is InChI=1S/C3H3N3O3.H2O.Sn.3H/c7-1-4-2(8)6-3(9)5-1;;;;;/h(H3,4,5,6,7,8,9);1H2;;;;/q;;+1;;;/p-1. The van der Waals surface area contributed by atoms with Crippen molar-refractivity contribution in [3.8, 4) is 0 Å². The van der Waals surface area contributed by atoms with Crippen LogP contribution in [0.4, 0.5) is 0 Å². The summed E-state index contributed by atoms with van der Waals surface area (Å²) >= 11 is -0.0500. The molecule has 0 radical (unpaired) electrons. The van der Waals surface area contributed by atoms with Crippen LogP contribution >= 0.6 is 0 Å². The topological polar surface area (TPSA) is 119 Å². The molecule has 0 fully saturated rings. The number of hydrogen-bond acceptors (Lipinski definition) is 4. The molecule has 0 aliphatic rings. The molecule has 0 saturated heterocycles. The number of aromatic amines is 3. The molecule has 0 unspecified atom stereocenters. The molecule has 0 aliphatic carbocycles. The van der Waals surface area contributed by atoms with E-state index in [1.165, 1.54) is 0 Å². The number of H-pyrrole nitrogens is 3. The molecule has 62 valence electrons. The maximum absolute atomic E-state index is 10.2. The van der Waals surface area contributed by atoms with Crippen LogP contribution in [0, 0.1) is 0 Å². The van der Waals surface area contributed by atoms with Crippen molar-refractivity contribution in [3.63, 3.8) is 0 Å². The van der Waals surface area contributed by atoms with E-state index in [-0.39, 0.29) is 22.9 Å². The third kappa shape index (κ3) is 3.78. The first-order valence-electron chi connectivity index (χ1n) is 2.56. The van der Waals surface area contributed by atoms with Crippen molar-refractivity contribution in [1.29, 1.82) is 0 Å². The molecule has 0 atom stereocenters. The molecule has 0 amide bonds. The summed E-state index contributed by atoms with van der Waals surface area (Å²) in [5, 5.41) is 0. The Labute approximate surface area is 73.1 Å². The van der Waals surface area contributed by atoms with Gasteiger partial charge in [-0.05, 0) is 0 Å². The second-order valence-electron chi connectivity index (χ2n) is 1.36. The van der Waals surface area contributed by atoms with Gasteiger partial charge in [-0.15, -0.1) is 0 Å². The van der Waals surface area contributed by atoms with Gasteiger partial charge >= 0.3 is 43.5 Å². The summed E-state index contributed by atoms with van der Waals surface area (Å²) in [5.74, 6) is 0. The SMILES string of the molecule is O=c1[nH]c(=O)[nH]c(=O)[nH]1.[OH][SnH3]. The third-order valence-electron chi connectivity index (χ3n) is 0.681. The van der Waals surface area contributed by atoms with Crippen molar-refractivity contribution in [1.82, 2.24) is 15.0 Å². The van der Waals surface area contributed by atoms with E-state index in [1.54, 1.807) is 15.0 Å². The van der Waals surface area contributed by atoms with Crippen LogP contribution < -0.4 is 17.1 Å². The number of nitrogens with one attached hydrogen (secondary N) is 3. The van der Waals surface area contributed by atoms with Crippen LogP contribution in [0.5, 0.6) is 0 Å². The van der Waals surface area contributed by atoms with Gasteiger partial charge in [0.25, 0.3) is 0 Å². The van der Waals surface area contributed by atoms with Crippen molar-refractivity contribution < 1.29 is 3.44 Å². The van der Waals surface area contributed by atoms with Gasteiger partial charge in [0.05, 0.1) is 0 Å². The molecule has 8 heteroatoms. The molecule has 0 aliphatic heterocycles. The van der Waals surface area contributed by atoms with Crippen molar-refractivity contribution in [3.05, 3.63) is 31.5 Å². The van der Waals surface area contributed by atoms with Crippen molar-refractivity contribution in [2.75, 3.05) is 0 Å². The summed E-state index contributed by atoms with van der Waals surface area (Å²) in [4.78, 5) is 35.9. The first-order chi connectivity index (χ1) is 5.18. The zero-order valence-electron chi connectivity index (χ0n) is 5.67. The zero-order valence-corrected chi connectivity index (χ0v) is 11.4. The summed E-state index contributed by atoms with van der Waals surface area (Å²) in [6.07, 6.45) is 0. The van der Waals surface area contributed by atoms with Crippen LogP contribution in [0.15, 0.2) is 14.4 Å². The van der Waals surface area contributed by atoms with Crippen LogP contribution in [0.25, 0.3) is 0 Å². The fourth-order valence-corrected chi connectivity index (χ4v) is 0.403. The van der Waals surface area contributed by atoms with Crippen LogP contribution in [-0.4, -0.2) is 41.3 Å². The number of aromatic nitrogens is 3. The monoisotopic (exact) mass is 269 g/mol. The number of rotatable bonds is 0. The van der Waals surface area contributed by atoms with Gasteiger partial charge in [0, 0.05) is 0 Å². The van der Waals surface area contributed by atoms with Gasteiger partial charge in [-0.3, -0.25) is 15.0 Å². The minimum absolute atomic E-state index is 0.0500. The van der Waals surface area contributed by atoms with E-state index < -0.39 is 17.1 Å². The van der Waals surface area contributed by atoms with Gasteiger partial charge in [-0.25, -0.2) is 14.4 Å². The molecular formula is C3H7N3O4Sn. The van der Waals surface area contributed by atoms with Gasteiger partial charge in [0.2, 0.25) is 0 Å². The second-order valence-corrected chi connectivity index (χ2v) is 1.36. The molecule has 0 aromatic carbocycles. The van der Waals surface area contributed by atoms with E-state index in [0.717, 1.165) is 0 Å². The Morgan fingerprint density at radius 2 is 1.00 bits per heavy atom. The Hall–Kier alpha value is -0.831. The first kappa shape index (κ1) is 10.2. The predicted molar refractivity (Wildman–Crippen MR) is 40.5 cm³/mol. The molecule has 0 bridgehead atoms. The summed E-state index contributed by atoms with van der Waals surface area (Å²) in [6.45, 7) is 0. The molecule has 7 nitrogen and oxygen atoms in total. The van der Waals surface area contributed by atoms with Gasteiger partial charge in [-0.2, -0.15) is 0 Å². The summed E-state index contributed by atoms with van der Waals surface area (Å²) in [7, 11) is 0. The molecule has 0 spiro atoms. The summed E-state index contributed by atoms with van der Waals surface area (Å²) < 4.78 is 7.21. The van der Waals surface area contributed by atoms with Gasteiger partial charge in [0.15, 0.2) is 0 Å². The van der Waals surface area contributed by atoms with E-state index in [2.05, 4.69) is 0 Å². The third-order valence-corrected chi connectivity index (χ3v) is 0.681. The van der Waals surface area contributed by atoms with Gasteiger partial charge in [-0.1, -0.05) is 0 Å². The summed E-state index contributed by atoms with van der Waals surface area (Å²) in [6, 6.07) is 0. The van der Waals surface area contributed by atoms with Gasteiger partial charge in [0.1, 0.15) is 0 Å². The average Bonchev–Trinajstić information content (AvgIpc) is 1.88. The predicted octanol–water partition coefficient (Wildman–Crippen LogP) is -3.99. The fraction of sp³-hybridized carbons (Fsp3) is 0. The van der Waals surface area contributed by atoms with Crippen LogP contribution in [0.3, 0.4) is 0 Å². The normalized spacial score (nSPS) is 8.45. The molecule has 1 heterocycles. The van der Waals surface area contributed by atoms with Crippen LogP contribution in [0.2, 0.25) is 0 Å². The molecular weight excluding hydrogens is 261 g/mol. The minimum atomic E-state index is -0.802. The quantitative estimate of drug-likeness (QED) is 0.358. The van der Waals surface area contributed by atoms with Crippen molar-refractivity contribution >= 4 is 22.9 Å². The molecule has 1 aromatic rings. The Morgan fingerprint density at radius 1 is 0.818 bits per heavy atom. The zero-order chi connectivity index (χ0) is 8.85. The van der Waals surface area contributed by atoms with E-state index in [9.17, 15) is 14.4 Å². The molecule has 1 aromatic heterocycles. The maximum atomic E-state index is 10.2. The van der Waals surface area contributed by atoms with E-state index >= 15 is 0 Å². The Morgan fingerprint density at radius 3 is 1.18 bits per heavy atom. The average molecular weight is 268 g/mol. The van der Waals surface area contributed by atoms with E-state index in [1.807, 2.05) is 0 Å². The Bertz CT molecular complexity index is 283. The van der Waals surface area contributed by atoms with Crippen LogP contribution in [-0.2, 0) is 0 Å². The summed E-state index contributed by atoms with van der Waals surface area (Å²) in [5.41, 5.74) is -2.41. The van der Waals surface area contributed by atoms with E-state index in [0.29, 0.717) is 0 Å². The molecule has 4 N–H and O–H groups in total. The first-order valence-corrected chi connectivity index (χ1v) is 5.11. The van der Waals surface area contributed by atoms with Gasteiger partial charge < -0.3 is 0 Å². The van der Waals surface area contributed by atoms with E-state index in [4.69, 9.17) is 3.44 Å². The Balaban J connectivity index is 0.000000461. The fourth-order valence-electron chi connectivity index (χ4n) is 0.403.